The van der Waals surface area contributed by atoms with E-state index >= 15 is 0 Å². The van der Waals surface area contributed by atoms with E-state index in [1.807, 2.05) is 24.3 Å². The van der Waals surface area contributed by atoms with Gasteiger partial charge in [0.2, 0.25) is 0 Å². The lowest BCUT2D eigenvalue weighted by Crippen LogP contribution is -2.09. The molecule has 3 aromatic heterocycles. The fourth-order valence-electron chi connectivity index (χ4n) is 2.23. The number of rotatable bonds is 5. The predicted octanol–water partition coefficient (Wildman–Crippen LogP) is 2.25. The van der Waals surface area contributed by atoms with Gasteiger partial charge in [0.15, 0.2) is 11.9 Å². The highest BCUT2D eigenvalue weighted by Crippen LogP contribution is 2.27. The molecule has 0 atom stereocenters. The van der Waals surface area contributed by atoms with Gasteiger partial charge in [-0.3, -0.25) is 4.79 Å². The Bertz CT molecular complexity index is 825. The maximum absolute atomic E-state index is 11.2. The van der Waals surface area contributed by atoms with Crippen LogP contribution >= 0.6 is 0 Å². The molecule has 7 heteroatoms. The van der Waals surface area contributed by atoms with E-state index in [0.29, 0.717) is 28.9 Å². The van der Waals surface area contributed by atoms with Crippen molar-refractivity contribution >= 4 is 29.4 Å². The standard InChI is InChI=1S/C15H14N6O/c22-9-10-8-17-21-14(18-11-4-5-11)7-13(20-15(10)21)19-12-3-1-2-6-16-12/h1-3,6-9,11,18H,4-5H2,(H,16,19,20). The first kappa shape index (κ1) is 12.8. The van der Waals surface area contributed by atoms with Crippen LogP contribution in [0.15, 0.2) is 36.7 Å². The number of pyridine rings is 1. The zero-order valence-corrected chi connectivity index (χ0v) is 11.7. The minimum absolute atomic E-state index is 0.462. The Kier molecular flexibility index (Phi) is 2.96. The third-order valence-electron chi connectivity index (χ3n) is 3.48. The molecule has 0 aliphatic heterocycles. The van der Waals surface area contributed by atoms with Crippen molar-refractivity contribution in [3.63, 3.8) is 0 Å². The second kappa shape index (κ2) is 5.10. The summed E-state index contributed by atoms with van der Waals surface area (Å²) in [6.07, 6.45) is 6.29. The average Bonchev–Trinajstić information content (AvgIpc) is 3.25. The van der Waals surface area contributed by atoms with Crippen LogP contribution < -0.4 is 10.6 Å². The fourth-order valence-corrected chi connectivity index (χ4v) is 2.23. The number of aromatic nitrogens is 4. The third kappa shape index (κ3) is 2.37. The summed E-state index contributed by atoms with van der Waals surface area (Å²) in [5, 5.41) is 10.8. The summed E-state index contributed by atoms with van der Waals surface area (Å²) in [7, 11) is 0. The molecule has 110 valence electrons. The number of aldehydes is 1. The van der Waals surface area contributed by atoms with Crippen molar-refractivity contribution in [2.24, 2.45) is 0 Å². The highest BCUT2D eigenvalue weighted by Gasteiger charge is 2.23. The molecule has 0 spiro atoms. The second-order valence-electron chi connectivity index (χ2n) is 5.24. The molecule has 1 saturated carbocycles. The maximum atomic E-state index is 11.2. The van der Waals surface area contributed by atoms with Crippen LogP contribution in [-0.4, -0.2) is 31.9 Å². The summed E-state index contributed by atoms with van der Waals surface area (Å²) in [5.41, 5.74) is 0.989. The molecule has 0 unspecified atom stereocenters. The molecule has 3 aromatic rings. The monoisotopic (exact) mass is 294 g/mol. The SMILES string of the molecule is O=Cc1cnn2c(NC3CC3)cc(Nc3ccccn3)nc12. The first-order chi connectivity index (χ1) is 10.8. The van der Waals surface area contributed by atoms with Crippen molar-refractivity contribution in [2.45, 2.75) is 18.9 Å². The fraction of sp³-hybridized carbons (Fsp3) is 0.200. The Morgan fingerprint density at radius 2 is 2.18 bits per heavy atom. The summed E-state index contributed by atoms with van der Waals surface area (Å²) < 4.78 is 1.66. The summed E-state index contributed by atoms with van der Waals surface area (Å²) in [6.45, 7) is 0. The molecule has 7 nitrogen and oxygen atoms in total. The van der Waals surface area contributed by atoms with Gasteiger partial charge < -0.3 is 10.6 Å². The van der Waals surface area contributed by atoms with Crippen LogP contribution in [0.2, 0.25) is 0 Å². The zero-order valence-electron chi connectivity index (χ0n) is 11.7. The molecule has 2 N–H and O–H groups in total. The molecule has 0 saturated heterocycles. The summed E-state index contributed by atoms with van der Waals surface area (Å²) in [5.74, 6) is 2.14. The number of fused-ring (bicyclic) bond motifs is 1. The third-order valence-corrected chi connectivity index (χ3v) is 3.48. The van der Waals surface area contributed by atoms with Crippen LogP contribution in [0, 0.1) is 0 Å². The summed E-state index contributed by atoms with van der Waals surface area (Å²) in [6, 6.07) is 7.95. The zero-order chi connectivity index (χ0) is 14.9. The number of hydrogen-bond acceptors (Lipinski definition) is 6. The quantitative estimate of drug-likeness (QED) is 0.702. The van der Waals surface area contributed by atoms with Gasteiger partial charge in [-0.25, -0.2) is 9.97 Å². The Hall–Kier alpha value is -2.96. The molecule has 1 fully saturated rings. The van der Waals surface area contributed by atoms with Crippen LogP contribution in [0.3, 0.4) is 0 Å². The molecular weight excluding hydrogens is 280 g/mol. The molecule has 0 bridgehead atoms. The van der Waals surface area contributed by atoms with Gasteiger partial charge in [0, 0.05) is 18.3 Å². The number of nitrogens with zero attached hydrogens (tertiary/aromatic N) is 4. The van der Waals surface area contributed by atoms with E-state index in [2.05, 4.69) is 25.7 Å². The Labute approximate surface area is 126 Å². The van der Waals surface area contributed by atoms with E-state index in [9.17, 15) is 4.79 Å². The molecular formula is C15H14N6O. The van der Waals surface area contributed by atoms with E-state index in [1.54, 1.807) is 10.7 Å². The molecule has 0 aromatic carbocycles. The van der Waals surface area contributed by atoms with Crippen molar-refractivity contribution in [3.05, 3.63) is 42.2 Å². The lowest BCUT2D eigenvalue weighted by atomic mass is 10.3. The van der Waals surface area contributed by atoms with E-state index in [0.717, 1.165) is 24.9 Å². The molecule has 3 heterocycles. The van der Waals surface area contributed by atoms with E-state index in [4.69, 9.17) is 0 Å². The smallest absolute Gasteiger partial charge is 0.170 e. The van der Waals surface area contributed by atoms with Gasteiger partial charge >= 0.3 is 0 Å². The molecule has 0 amide bonds. The normalized spacial score (nSPS) is 14.0. The van der Waals surface area contributed by atoms with Gasteiger partial charge in [-0.05, 0) is 25.0 Å². The van der Waals surface area contributed by atoms with Gasteiger partial charge in [-0.2, -0.15) is 9.61 Å². The Balaban J connectivity index is 1.78. The van der Waals surface area contributed by atoms with E-state index in [-0.39, 0.29) is 0 Å². The molecule has 4 rings (SSSR count). The van der Waals surface area contributed by atoms with Crippen LogP contribution in [0.1, 0.15) is 23.2 Å². The number of carbonyl (C=O) groups excluding carboxylic acids is 1. The lowest BCUT2D eigenvalue weighted by Gasteiger charge is -2.11. The minimum atomic E-state index is 0.462. The number of hydrogen-bond donors (Lipinski definition) is 2. The van der Waals surface area contributed by atoms with Gasteiger partial charge in [0.25, 0.3) is 0 Å². The second-order valence-corrected chi connectivity index (χ2v) is 5.24. The summed E-state index contributed by atoms with van der Waals surface area (Å²) >= 11 is 0. The first-order valence-corrected chi connectivity index (χ1v) is 7.12. The minimum Gasteiger partial charge on any atom is -0.367 e. The number of carbonyl (C=O) groups is 1. The van der Waals surface area contributed by atoms with Crippen molar-refractivity contribution in [1.29, 1.82) is 0 Å². The lowest BCUT2D eigenvalue weighted by molar-refractivity contribution is 0.112. The Morgan fingerprint density at radius 1 is 1.27 bits per heavy atom. The van der Waals surface area contributed by atoms with Crippen LogP contribution in [0.25, 0.3) is 5.65 Å². The highest BCUT2D eigenvalue weighted by molar-refractivity contribution is 5.85. The van der Waals surface area contributed by atoms with Crippen molar-refractivity contribution in [1.82, 2.24) is 19.6 Å². The molecule has 1 aliphatic rings. The van der Waals surface area contributed by atoms with Gasteiger partial charge in [-0.15, -0.1) is 0 Å². The van der Waals surface area contributed by atoms with Crippen molar-refractivity contribution < 1.29 is 4.79 Å². The molecule has 22 heavy (non-hydrogen) atoms. The van der Waals surface area contributed by atoms with E-state index in [1.165, 1.54) is 6.20 Å². The molecule has 1 aliphatic carbocycles. The average molecular weight is 294 g/mol. The van der Waals surface area contributed by atoms with E-state index < -0.39 is 0 Å². The van der Waals surface area contributed by atoms with Crippen LogP contribution in [0.4, 0.5) is 17.5 Å². The van der Waals surface area contributed by atoms with Gasteiger partial charge in [0.05, 0.1) is 11.8 Å². The first-order valence-electron chi connectivity index (χ1n) is 7.12. The van der Waals surface area contributed by atoms with Crippen molar-refractivity contribution in [2.75, 3.05) is 10.6 Å². The summed E-state index contributed by atoms with van der Waals surface area (Å²) in [4.78, 5) is 19.8. The van der Waals surface area contributed by atoms with Crippen LogP contribution in [0.5, 0.6) is 0 Å². The largest absolute Gasteiger partial charge is 0.367 e. The van der Waals surface area contributed by atoms with Gasteiger partial charge in [-0.1, -0.05) is 6.07 Å². The number of nitrogens with one attached hydrogen (secondary N) is 2. The van der Waals surface area contributed by atoms with Crippen LogP contribution in [-0.2, 0) is 0 Å². The topological polar surface area (TPSA) is 84.2 Å². The molecule has 0 radical (unpaired) electrons. The van der Waals surface area contributed by atoms with Gasteiger partial charge in [0.1, 0.15) is 17.5 Å². The highest BCUT2D eigenvalue weighted by atomic mass is 16.1. The maximum Gasteiger partial charge on any atom is 0.170 e. The Morgan fingerprint density at radius 3 is 2.91 bits per heavy atom. The van der Waals surface area contributed by atoms with Crippen molar-refractivity contribution in [3.8, 4) is 0 Å². The predicted molar refractivity (Wildman–Crippen MR) is 82.5 cm³/mol. The number of anilines is 3.